The van der Waals surface area contributed by atoms with Crippen molar-refractivity contribution < 1.29 is 8.42 Å². The minimum absolute atomic E-state index is 0.0968. The van der Waals surface area contributed by atoms with Crippen LogP contribution in [0.15, 0.2) is 65.6 Å². The van der Waals surface area contributed by atoms with Gasteiger partial charge >= 0.3 is 0 Å². The van der Waals surface area contributed by atoms with Crippen molar-refractivity contribution in [1.29, 1.82) is 0 Å². The predicted octanol–water partition coefficient (Wildman–Crippen LogP) is 3.29. The van der Waals surface area contributed by atoms with Crippen molar-refractivity contribution in [1.82, 2.24) is 4.31 Å². The maximum atomic E-state index is 12.7. The van der Waals surface area contributed by atoms with E-state index in [0.717, 1.165) is 5.56 Å². The molecule has 2 aromatic carbocycles. The van der Waals surface area contributed by atoms with Gasteiger partial charge in [0.2, 0.25) is 10.0 Å². The molecule has 0 saturated heterocycles. The topological polar surface area (TPSA) is 37.4 Å². The van der Waals surface area contributed by atoms with Crippen molar-refractivity contribution in [3.63, 3.8) is 0 Å². The van der Waals surface area contributed by atoms with Gasteiger partial charge in [0.25, 0.3) is 0 Å². The third-order valence-corrected chi connectivity index (χ3v) is 5.14. The van der Waals surface area contributed by atoms with E-state index in [-0.39, 0.29) is 6.04 Å². The van der Waals surface area contributed by atoms with Crippen molar-refractivity contribution in [2.75, 3.05) is 0 Å². The van der Waals surface area contributed by atoms with Crippen LogP contribution >= 0.6 is 0 Å². The van der Waals surface area contributed by atoms with E-state index in [1.54, 1.807) is 24.3 Å². The van der Waals surface area contributed by atoms with E-state index in [0.29, 0.717) is 11.4 Å². The van der Waals surface area contributed by atoms with E-state index in [4.69, 9.17) is 0 Å². The normalized spacial score (nSPS) is 12.0. The van der Waals surface area contributed by atoms with E-state index >= 15 is 0 Å². The SMILES string of the molecule is CC(C)N(Cc1ccccc1)S(=O)(=O)c1ccccc1. The first-order valence-electron chi connectivity index (χ1n) is 6.62. The smallest absolute Gasteiger partial charge is 0.207 e. The Kier molecular flexibility index (Phi) is 4.57. The summed E-state index contributed by atoms with van der Waals surface area (Å²) < 4.78 is 26.9. The lowest BCUT2D eigenvalue weighted by molar-refractivity contribution is 0.348. The van der Waals surface area contributed by atoms with Gasteiger partial charge in [-0.15, -0.1) is 0 Å². The Labute approximate surface area is 120 Å². The highest BCUT2D eigenvalue weighted by Gasteiger charge is 2.26. The first kappa shape index (κ1) is 14.8. The number of sulfonamides is 1. The van der Waals surface area contributed by atoms with Gasteiger partial charge in [-0.05, 0) is 31.5 Å². The molecule has 0 fully saturated rings. The molecule has 0 saturated carbocycles. The summed E-state index contributed by atoms with van der Waals surface area (Å²) in [7, 11) is -3.47. The molecule has 0 N–H and O–H groups in total. The lowest BCUT2D eigenvalue weighted by Crippen LogP contribution is -2.36. The molecule has 106 valence electrons. The molecule has 0 aliphatic rings. The van der Waals surface area contributed by atoms with Crippen LogP contribution < -0.4 is 0 Å². The van der Waals surface area contributed by atoms with Crippen molar-refractivity contribution in [2.24, 2.45) is 0 Å². The quantitative estimate of drug-likeness (QED) is 0.847. The molecule has 0 aromatic heterocycles. The van der Waals surface area contributed by atoms with E-state index < -0.39 is 10.0 Å². The van der Waals surface area contributed by atoms with Gasteiger partial charge in [0.15, 0.2) is 0 Å². The lowest BCUT2D eigenvalue weighted by Gasteiger charge is -2.26. The Balaban J connectivity index is 2.34. The first-order chi connectivity index (χ1) is 9.51. The number of hydrogen-bond donors (Lipinski definition) is 0. The van der Waals surface area contributed by atoms with Crippen LogP contribution in [-0.2, 0) is 16.6 Å². The molecule has 2 rings (SSSR count). The molecule has 0 aliphatic heterocycles. The van der Waals surface area contributed by atoms with Gasteiger partial charge in [-0.1, -0.05) is 48.5 Å². The number of nitrogens with zero attached hydrogens (tertiary/aromatic N) is 1. The van der Waals surface area contributed by atoms with Crippen LogP contribution in [0.3, 0.4) is 0 Å². The standard InChI is InChI=1S/C16H19NO2S/c1-14(2)17(13-15-9-5-3-6-10-15)20(18,19)16-11-7-4-8-12-16/h3-12,14H,13H2,1-2H3. The predicted molar refractivity (Wildman–Crippen MR) is 80.7 cm³/mol. The number of hydrogen-bond acceptors (Lipinski definition) is 2. The summed E-state index contributed by atoms with van der Waals surface area (Å²) in [6.07, 6.45) is 0. The second-order valence-corrected chi connectivity index (χ2v) is 6.83. The summed E-state index contributed by atoms with van der Waals surface area (Å²) >= 11 is 0. The summed E-state index contributed by atoms with van der Waals surface area (Å²) in [5.74, 6) is 0. The molecule has 0 heterocycles. The highest BCUT2D eigenvalue weighted by Crippen LogP contribution is 2.20. The van der Waals surface area contributed by atoms with Gasteiger partial charge in [-0.2, -0.15) is 4.31 Å². The first-order valence-corrected chi connectivity index (χ1v) is 8.06. The van der Waals surface area contributed by atoms with Crippen LogP contribution in [0, 0.1) is 0 Å². The fraction of sp³-hybridized carbons (Fsp3) is 0.250. The van der Waals surface area contributed by atoms with Gasteiger partial charge in [0.05, 0.1) is 4.90 Å². The monoisotopic (exact) mass is 289 g/mol. The van der Waals surface area contributed by atoms with Gasteiger partial charge in [0.1, 0.15) is 0 Å². The molecule has 0 unspecified atom stereocenters. The van der Waals surface area contributed by atoms with E-state index in [2.05, 4.69) is 0 Å². The molecule has 0 bridgehead atoms. The van der Waals surface area contributed by atoms with Crippen LogP contribution in [0.1, 0.15) is 19.4 Å². The fourth-order valence-electron chi connectivity index (χ4n) is 2.04. The Hall–Kier alpha value is -1.65. The zero-order valence-corrected chi connectivity index (χ0v) is 12.5. The fourth-order valence-corrected chi connectivity index (χ4v) is 3.68. The van der Waals surface area contributed by atoms with Crippen LogP contribution in [0.25, 0.3) is 0 Å². The average molecular weight is 289 g/mol. The molecule has 2 aromatic rings. The van der Waals surface area contributed by atoms with Crippen molar-refractivity contribution >= 4 is 10.0 Å². The molecular formula is C16H19NO2S. The molecule has 0 amide bonds. The molecule has 0 atom stereocenters. The van der Waals surface area contributed by atoms with Gasteiger partial charge in [-0.25, -0.2) is 8.42 Å². The maximum Gasteiger partial charge on any atom is 0.243 e. The molecule has 20 heavy (non-hydrogen) atoms. The summed E-state index contributed by atoms with van der Waals surface area (Å²) in [4.78, 5) is 0.338. The highest BCUT2D eigenvalue weighted by atomic mass is 32.2. The zero-order chi connectivity index (χ0) is 14.6. The summed E-state index contributed by atoms with van der Waals surface area (Å²) in [5, 5.41) is 0. The van der Waals surface area contributed by atoms with E-state index in [1.165, 1.54) is 4.31 Å². The van der Waals surface area contributed by atoms with Crippen LogP contribution in [0.4, 0.5) is 0 Å². The molecule has 0 spiro atoms. The molecule has 0 aliphatic carbocycles. The minimum Gasteiger partial charge on any atom is -0.207 e. The zero-order valence-electron chi connectivity index (χ0n) is 11.7. The summed E-state index contributed by atoms with van der Waals surface area (Å²) in [6.45, 7) is 4.17. The average Bonchev–Trinajstić information content (AvgIpc) is 2.46. The van der Waals surface area contributed by atoms with Gasteiger partial charge in [0, 0.05) is 12.6 Å². The number of rotatable bonds is 5. The van der Waals surface area contributed by atoms with Crippen LogP contribution in [0.2, 0.25) is 0 Å². The number of benzene rings is 2. The van der Waals surface area contributed by atoms with Crippen molar-refractivity contribution in [3.05, 3.63) is 66.2 Å². The maximum absolute atomic E-state index is 12.7. The summed E-state index contributed by atoms with van der Waals surface area (Å²) in [6, 6.07) is 18.1. The van der Waals surface area contributed by atoms with Crippen molar-refractivity contribution in [2.45, 2.75) is 31.3 Å². The highest BCUT2D eigenvalue weighted by molar-refractivity contribution is 7.89. The van der Waals surface area contributed by atoms with Crippen LogP contribution in [0.5, 0.6) is 0 Å². The van der Waals surface area contributed by atoms with Gasteiger partial charge in [-0.3, -0.25) is 0 Å². The Morgan fingerprint density at radius 2 is 1.40 bits per heavy atom. The molecule has 0 radical (unpaired) electrons. The van der Waals surface area contributed by atoms with Gasteiger partial charge < -0.3 is 0 Å². The third kappa shape index (κ3) is 3.26. The largest absolute Gasteiger partial charge is 0.243 e. The van der Waals surface area contributed by atoms with Crippen LogP contribution in [-0.4, -0.2) is 18.8 Å². The molecule has 3 nitrogen and oxygen atoms in total. The molecular weight excluding hydrogens is 270 g/mol. The molecule has 4 heteroatoms. The Morgan fingerprint density at radius 3 is 1.90 bits per heavy atom. The Morgan fingerprint density at radius 1 is 0.900 bits per heavy atom. The van der Waals surface area contributed by atoms with E-state index in [9.17, 15) is 8.42 Å². The Bertz CT molecular complexity index is 637. The second kappa shape index (κ2) is 6.20. The van der Waals surface area contributed by atoms with Crippen molar-refractivity contribution in [3.8, 4) is 0 Å². The van der Waals surface area contributed by atoms with E-state index in [1.807, 2.05) is 50.2 Å². The third-order valence-electron chi connectivity index (χ3n) is 3.11. The summed E-state index contributed by atoms with van der Waals surface area (Å²) in [5.41, 5.74) is 0.987. The lowest BCUT2D eigenvalue weighted by atomic mass is 10.2. The second-order valence-electron chi connectivity index (χ2n) is 4.94. The minimum atomic E-state index is -3.47.